The van der Waals surface area contributed by atoms with E-state index in [2.05, 4.69) is 5.32 Å². The molecule has 0 spiro atoms. The summed E-state index contributed by atoms with van der Waals surface area (Å²) in [7, 11) is 0. The third-order valence-electron chi connectivity index (χ3n) is 2.64. The molecule has 1 heterocycles. The van der Waals surface area contributed by atoms with Crippen molar-refractivity contribution in [2.45, 2.75) is 19.3 Å². The van der Waals surface area contributed by atoms with Gasteiger partial charge < -0.3 is 10.4 Å². The summed E-state index contributed by atoms with van der Waals surface area (Å²) in [4.78, 5) is 10.4. The Balaban J connectivity index is 2.39. The van der Waals surface area contributed by atoms with E-state index in [-0.39, 0.29) is 18.3 Å². The molecule has 76 valence electrons. The number of nitrogens with one attached hydrogen (secondary N) is 1. The van der Waals surface area contributed by atoms with Crippen molar-refractivity contribution in [1.82, 2.24) is 5.32 Å². The lowest BCUT2D eigenvalue weighted by molar-refractivity contribution is -0.138. The number of aliphatic carboxylic acids is 1. The Labute approximate surface area is 77.3 Å². The minimum Gasteiger partial charge on any atom is -0.481 e. The van der Waals surface area contributed by atoms with Crippen molar-refractivity contribution in [2.24, 2.45) is 11.8 Å². The summed E-state index contributed by atoms with van der Waals surface area (Å²) in [5.41, 5.74) is 0. The molecular weight excluding hydrogens is 173 g/mol. The summed E-state index contributed by atoms with van der Waals surface area (Å²) in [6.45, 7) is 1.23. The van der Waals surface area contributed by atoms with E-state index in [1.807, 2.05) is 0 Å². The van der Waals surface area contributed by atoms with Crippen molar-refractivity contribution in [3.63, 3.8) is 0 Å². The number of rotatable bonds is 4. The van der Waals surface area contributed by atoms with Gasteiger partial charge in [0.15, 0.2) is 0 Å². The van der Waals surface area contributed by atoms with Crippen LogP contribution < -0.4 is 5.32 Å². The largest absolute Gasteiger partial charge is 0.481 e. The lowest BCUT2D eigenvalue weighted by atomic mass is 9.85. The van der Waals surface area contributed by atoms with Crippen LogP contribution in [0.3, 0.4) is 0 Å². The van der Waals surface area contributed by atoms with Gasteiger partial charge in [0.05, 0.1) is 13.1 Å². The van der Waals surface area contributed by atoms with Crippen molar-refractivity contribution < 1.29 is 14.3 Å². The first-order valence-corrected chi connectivity index (χ1v) is 4.72. The molecule has 0 aromatic carbocycles. The molecule has 0 bridgehead atoms. The maximum atomic E-state index is 12.5. The molecule has 0 aromatic rings. The predicted molar refractivity (Wildman–Crippen MR) is 47.3 cm³/mol. The number of carboxylic acids is 1. The van der Waals surface area contributed by atoms with Gasteiger partial charge in [-0.2, -0.15) is 0 Å². The second-order valence-corrected chi connectivity index (χ2v) is 3.62. The van der Waals surface area contributed by atoms with E-state index >= 15 is 0 Å². The molecule has 2 unspecified atom stereocenters. The first-order chi connectivity index (χ1) is 6.24. The molecule has 1 aliphatic heterocycles. The van der Waals surface area contributed by atoms with E-state index in [4.69, 9.17) is 5.11 Å². The lowest BCUT2D eigenvalue weighted by Crippen LogP contribution is -2.35. The Kier molecular flexibility index (Phi) is 4.15. The van der Waals surface area contributed by atoms with Gasteiger partial charge in [-0.15, -0.1) is 0 Å². The van der Waals surface area contributed by atoms with E-state index in [0.29, 0.717) is 0 Å². The van der Waals surface area contributed by atoms with Crippen LogP contribution in [0.5, 0.6) is 0 Å². The number of alkyl halides is 1. The normalized spacial score (nSPS) is 25.5. The molecule has 2 atom stereocenters. The molecule has 0 aromatic heterocycles. The zero-order valence-electron chi connectivity index (χ0n) is 7.63. The minimum absolute atomic E-state index is 0.0388. The minimum atomic E-state index is -0.895. The van der Waals surface area contributed by atoms with Crippen LogP contribution in [0.4, 0.5) is 4.39 Å². The second-order valence-electron chi connectivity index (χ2n) is 3.62. The number of piperidine rings is 1. The van der Waals surface area contributed by atoms with Crippen LogP contribution in [0.25, 0.3) is 0 Å². The van der Waals surface area contributed by atoms with Gasteiger partial charge in [-0.25, -0.2) is 0 Å². The number of hydrogen-bond acceptors (Lipinski definition) is 2. The molecule has 1 saturated heterocycles. The molecule has 0 saturated carbocycles. The van der Waals surface area contributed by atoms with Gasteiger partial charge in [0, 0.05) is 5.92 Å². The highest BCUT2D eigenvalue weighted by molar-refractivity contribution is 5.67. The second kappa shape index (κ2) is 5.17. The van der Waals surface area contributed by atoms with Crippen LogP contribution in [0.15, 0.2) is 0 Å². The first-order valence-electron chi connectivity index (χ1n) is 4.72. The average molecular weight is 189 g/mol. The van der Waals surface area contributed by atoms with Gasteiger partial charge in [0.25, 0.3) is 0 Å². The summed E-state index contributed by atoms with van der Waals surface area (Å²) in [6.07, 6.45) is 1.94. The standard InChI is InChI=1S/C9H16FNO2/c10-5-8(4-9(12)13)7-2-1-3-11-6-7/h7-8,11H,1-6H2,(H,12,13). The van der Waals surface area contributed by atoms with E-state index in [0.717, 1.165) is 25.9 Å². The Bertz CT molecular complexity index is 169. The molecule has 1 aliphatic rings. The molecule has 1 rings (SSSR count). The molecule has 3 nitrogen and oxygen atoms in total. The number of carboxylic acid groups (broad SMARTS) is 1. The Morgan fingerprint density at radius 1 is 1.69 bits per heavy atom. The summed E-state index contributed by atoms with van der Waals surface area (Å²) in [5.74, 6) is -0.992. The van der Waals surface area contributed by atoms with Gasteiger partial charge in [0.1, 0.15) is 0 Å². The molecule has 0 radical (unpaired) electrons. The Hall–Kier alpha value is -0.640. The van der Waals surface area contributed by atoms with Gasteiger partial charge in [0.2, 0.25) is 0 Å². The van der Waals surface area contributed by atoms with E-state index < -0.39 is 12.6 Å². The van der Waals surface area contributed by atoms with Crippen molar-refractivity contribution in [1.29, 1.82) is 0 Å². The van der Waals surface area contributed by atoms with Crippen LogP contribution in [-0.2, 0) is 4.79 Å². The summed E-state index contributed by atoms with van der Waals surface area (Å²) >= 11 is 0. The summed E-state index contributed by atoms with van der Waals surface area (Å²) in [6, 6.07) is 0. The maximum absolute atomic E-state index is 12.5. The molecule has 0 aliphatic carbocycles. The van der Waals surface area contributed by atoms with Crippen LogP contribution in [0, 0.1) is 11.8 Å². The monoisotopic (exact) mass is 189 g/mol. The van der Waals surface area contributed by atoms with E-state index in [9.17, 15) is 9.18 Å². The van der Waals surface area contributed by atoms with Gasteiger partial charge in [-0.05, 0) is 31.8 Å². The van der Waals surface area contributed by atoms with Crippen molar-refractivity contribution in [3.8, 4) is 0 Å². The van der Waals surface area contributed by atoms with E-state index in [1.54, 1.807) is 0 Å². The summed E-state index contributed by atoms with van der Waals surface area (Å²) in [5, 5.41) is 11.7. The highest BCUT2D eigenvalue weighted by Crippen LogP contribution is 2.23. The fourth-order valence-corrected chi connectivity index (χ4v) is 1.85. The maximum Gasteiger partial charge on any atom is 0.303 e. The molecule has 4 heteroatoms. The van der Waals surface area contributed by atoms with Crippen LogP contribution >= 0.6 is 0 Å². The molecule has 2 N–H and O–H groups in total. The topological polar surface area (TPSA) is 49.3 Å². The SMILES string of the molecule is O=C(O)CC(CF)C1CCCNC1. The van der Waals surface area contributed by atoms with Crippen molar-refractivity contribution in [2.75, 3.05) is 19.8 Å². The average Bonchev–Trinajstić information content (AvgIpc) is 2.15. The Morgan fingerprint density at radius 2 is 2.46 bits per heavy atom. The fourth-order valence-electron chi connectivity index (χ4n) is 1.85. The van der Waals surface area contributed by atoms with Crippen molar-refractivity contribution in [3.05, 3.63) is 0 Å². The zero-order valence-corrected chi connectivity index (χ0v) is 7.63. The number of hydrogen-bond donors (Lipinski definition) is 2. The third kappa shape index (κ3) is 3.30. The molecule has 1 fully saturated rings. The molecular formula is C9H16FNO2. The van der Waals surface area contributed by atoms with Gasteiger partial charge in [-0.1, -0.05) is 0 Å². The van der Waals surface area contributed by atoms with Gasteiger partial charge in [-0.3, -0.25) is 9.18 Å². The van der Waals surface area contributed by atoms with E-state index in [1.165, 1.54) is 0 Å². The quantitative estimate of drug-likeness (QED) is 0.695. The van der Waals surface area contributed by atoms with Gasteiger partial charge >= 0.3 is 5.97 Å². The molecule has 13 heavy (non-hydrogen) atoms. The van der Waals surface area contributed by atoms with Crippen LogP contribution in [-0.4, -0.2) is 30.8 Å². The zero-order chi connectivity index (χ0) is 9.68. The highest BCUT2D eigenvalue weighted by Gasteiger charge is 2.25. The number of carbonyl (C=O) groups is 1. The number of halogens is 1. The van der Waals surface area contributed by atoms with Crippen molar-refractivity contribution >= 4 is 5.97 Å². The van der Waals surface area contributed by atoms with Crippen LogP contribution in [0.2, 0.25) is 0 Å². The molecule has 0 amide bonds. The summed E-state index contributed by atoms with van der Waals surface area (Å²) < 4.78 is 12.5. The lowest BCUT2D eigenvalue weighted by Gasteiger charge is -2.28. The third-order valence-corrected chi connectivity index (χ3v) is 2.64. The Morgan fingerprint density at radius 3 is 2.92 bits per heavy atom. The van der Waals surface area contributed by atoms with Crippen LogP contribution in [0.1, 0.15) is 19.3 Å². The first kappa shape index (κ1) is 10.4. The fraction of sp³-hybridized carbons (Fsp3) is 0.889. The highest BCUT2D eigenvalue weighted by atomic mass is 19.1. The predicted octanol–water partition coefficient (Wildman–Crippen LogP) is 1.05. The smallest absolute Gasteiger partial charge is 0.303 e.